The summed E-state index contributed by atoms with van der Waals surface area (Å²) in [5.41, 5.74) is 4.42. The van der Waals surface area contributed by atoms with Crippen molar-refractivity contribution in [1.82, 2.24) is 4.31 Å². The van der Waals surface area contributed by atoms with Crippen LogP contribution in [0.15, 0.2) is 52.0 Å². The topological polar surface area (TPSA) is 79.6 Å². The molecule has 7 heteroatoms. The summed E-state index contributed by atoms with van der Waals surface area (Å²) in [6.45, 7) is 7.22. The van der Waals surface area contributed by atoms with Crippen LogP contribution in [0.2, 0.25) is 0 Å². The molecule has 3 aromatic rings. The van der Waals surface area contributed by atoms with E-state index < -0.39 is 10.0 Å². The normalized spacial score (nSPS) is 17.7. The fourth-order valence-electron chi connectivity index (χ4n) is 4.13. The molecule has 1 aromatic heterocycles. The first-order chi connectivity index (χ1) is 14.8. The third-order valence-corrected chi connectivity index (χ3v) is 7.97. The van der Waals surface area contributed by atoms with Gasteiger partial charge in [0.05, 0.1) is 17.6 Å². The van der Waals surface area contributed by atoms with Crippen LogP contribution in [-0.2, 0) is 21.2 Å². The number of rotatable bonds is 5. The zero-order valence-corrected chi connectivity index (χ0v) is 19.0. The van der Waals surface area contributed by atoms with Gasteiger partial charge in [-0.3, -0.25) is 4.79 Å². The lowest BCUT2D eigenvalue weighted by Crippen LogP contribution is -2.39. The maximum Gasteiger partial charge on any atom is 0.243 e. The van der Waals surface area contributed by atoms with Crippen LogP contribution in [0.4, 0.5) is 5.69 Å². The van der Waals surface area contributed by atoms with E-state index in [-0.39, 0.29) is 17.2 Å². The monoisotopic (exact) mass is 440 g/mol. The van der Waals surface area contributed by atoms with Crippen LogP contribution in [-0.4, -0.2) is 31.7 Å². The molecule has 164 valence electrons. The Morgan fingerprint density at radius 1 is 1.16 bits per heavy atom. The van der Waals surface area contributed by atoms with Crippen molar-refractivity contribution in [2.75, 3.05) is 18.4 Å². The summed E-state index contributed by atoms with van der Waals surface area (Å²) >= 11 is 0. The van der Waals surface area contributed by atoms with Gasteiger partial charge in [-0.15, -0.1) is 0 Å². The van der Waals surface area contributed by atoms with Crippen molar-refractivity contribution >= 4 is 32.6 Å². The molecule has 1 saturated heterocycles. The lowest BCUT2D eigenvalue weighted by atomic mass is 10.0. The highest BCUT2D eigenvalue weighted by Gasteiger charge is 2.28. The number of sulfonamides is 1. The maximum atomic E-state index is 12.9. The van der Waals surface area contributed by atoms with Crippen molar-refractivity contribution < 1.29 is 17.6 Å². The molecule has 4 rings (SSSR count). The van der Waals surface area contributed by atoms with E-state index in [1.54, 1.807) is 34.8 Å². The minimum atomic E-state index is -3.50. The van der Waals surface area contributed by atoms with Gasteiger partial charge in [-0.2, -0.15) is 4.31 Å². The summed E-state index contributed by atoms with van der Waals surface area (Å²) in [5, 5.41) is 3.79. The van der Waals surface area contributed by atoms with Gasteiger partial charge in [0.25, 0.3) is 0 Å². The van der Waals surface area contributed by atoms with E-state index in [4.69, 9.17) is 4.42 Å². The molecule has 1 amide bonds. The van der Waals surface area contributed by atoms with E-state index in [9.17, 15) is 13.2 Å². The molecule has 6 nitrogen and oxygen atoms in total. The standard InChI is InChI=1S/C24H28N2O4S/c1-16-5-4-12-26(14-16)31(28,29)21-9-7-20(8-10-21)25-23(27)13-19-15-30-24-18(3)17(2)6-11-22(19)24/h6-11,15-16H,4-5,12-14H2,1-3H3,(H,25,27)/t16-/m0/s1. The second-order valence-corrected chi connectivity index (χ2v) is 10.4. The van der Waals surface area contributed by atoms with Gasteiger partial charge in [0.1, 0.15) is 5.58 Å². The minimum Gasteiger partial charge on any atom is -0.464 e. The molecule has 1 N–H and O–H groups in total. The van der Waals surface area contributed by atoms with Crippen molar-refractivity contribution in [3.8, 4) is 0 Å². The van der Waals surface area contributed by atoms with E-state index >= 15 is 0 Å². The van der Waals surface area contributed by atoms with Gasteiger partial charge in [-0.05, 0) is 68.0 Å². The quantitative estimate of drug-likeness (QED) is 0.626. The minimum absolute atomic E-state index is 0.179. The van der Waals surface area contributed by atoms with Crippen molar-refractivity contribution in [2.24, 2.45) is 5.92 Å². The van der Waals surface area contributed by atoms with Gasteiger partial charge < -0.3 is 9.73 Å². The summed E-state index contributed by atoms with van der Waals surface area (Å²) in [6.07, 6.45) is 3.76. The number of aryl methyl sites for hydroxylation is 2. The highest BCUT2D eigenvalue weighted by Crippen LogP contribution is 2.27. The molecule has 1 fully saturated rings. The number of carbonyl (C=O) groups is 1. The zero-order chi connectivity index (χ0) is 22.2. The summed E-state index contributed by atoms with van der Waals surface area (Å²) < 4.78 is 33.0. The molecular formula is C24H28N2O4S. The number of nitrogens with zero attached hydrogens (tertiary/aromatic N) is 1. The number of amides is 1. The molecule has 1 atom stereocenters. The fraction of sp³-hybridized carbons (Fsp3) is 0.375. The molecule has 1 aliphatic rings. The van der Waals surface area contributed by atoms with E-state index in [2.05, 4.69) is 12.2 Å². The Bertz CT molecular complexity index is 1210. The first-order valence-corrected chi connectivity index (χ1v) is 12.1. The lowest BCUT2D eigenvalue weighted by Gasteiger charge is -2.30. The number of carbonyl (C=O) groups excluding carboxylic acids is 1. The largest absolute Gasteiger partial charge is 0.464 e. The van der Waals surface area contributed by atoms with Crippen LogP contribution in [0.3, 0.4) is 0 Å². The molecule has 2 aromatic carbocycles. The lowest BCUT2D eigenvalue weighted by molar-refractivity contribution is -0.115. The van der Waals surface area contributed by atoms with Crippen LogP contribution in [0, 0.1) is 19.8 Å². The van der Waals surface area contributed by atoms with Crippen molar-refractivity contribution in [3.05, 3.63) is 59.4 Å². The average Bonchev–Trinajstić information content (AvgIpc) is 3.14. The Morgan fingerprint density at radius 2 is 1.90 bits per heavy atom. The predicted molar refractivity (Wildman–Crippen MR) is 122 cm³/mol. The molecule has 0 saturated carbocycles. The molecule has 0 bridgehead atoms. The van der Waals surface area contributed by atoms with Gasteiger partial charge in [-0.25, -0.2) is 8.42 Å². The number of benzene rings is 2. The maximum absolute atomic E-state index is 12.9. The van der Waals surface area contributed by atoms with Crippen molar-refractivity contribution in [3.63, 3.8) is 0 Å². The molecule has 1 aliphatic heterocycles. The second-order valence-electron chi connectivity index (χ2n) is 8.50. The summed E-state index contributed by atoms with van der Waals surface area (Å²) in [4.78, 5) is 12.8. The van der Waals surface area contributed by atoms with Crippen LogP contribution < -0.4 is 5.32 Å². The summed E-state index contributed by atoms with van der Waals surface area (Å²) in [6, 6.07) is 10.4. The smallest absolute Gasteiger partial charge is 0.243 e. The summed E-state index contributed by atoms with van der Waals surface area (Å²) in [5.74, 6) is 0.190. The van der Waals surface area contributed by atoms with E-state index in [0.717, 1.165) is 40.5 Å². The highest BCUT2D eigenvalue weighted by molar-refractivity contribution is 7.89. The second kappa shape index (κ2) is 8.48. The molecule has 2 heterocycles. The van der Waals surface area contributed by atoms with Crippen LogP contribution in [0.5, 0.6) is 0 Å². The fourth-order valence-corrected chi connectivity index (χ4v) is 5.73. The number of anilines is 1. The molecule has 0 aliphatic carbocycles. The zero-order valence-electron chi connectivity index (χ0n) is 18.1. The first-order valence-electron chi connectivity index (χ1n) is 10.6. The third-order valence-electron chi connectivity index (χ3n) is 6.09. The number of fused-ring (bicyclic) bond motifs is 1. The number of nitrogens with one attached hydrogen (secondary N) is 1. The van der Waals surface area contributed by atoms with E-state index in [1.165, 1.54) is 0 Å². The molecule has 0 unspecified atom stereocenters. The van der Waals surface area contributed by atoms with Gasteiger partial charge in [-0.1, -0.05) is 19.1 Å². The summed E-state index contributed by atoms with van der Waals surface area (Å²) in [7, 11) is -3.50. The number of hydrogen-bond donors (Lipinski definition) is 1. The Hall–Kier alpha value is -2.64. The number of hydrogen-bond acceptors (Lipinski definition) is 4. The van der Waals surface area contributed by atoms with Crippen molar-refractivity contribution in [1.29, 1.82) is 0 Å². The van der Waals surface area contributed by atoms with Gasteiger partial charge >= 0.3 is 0 Å². The van der Waals surface area contributed by atoms with Crippen molar-refractivity contribution in [2.45, 2.75) is 44.9 Å². The third kappa shape index (κ3) is 4.38. The average molecular weight is 441 g/mol. The first kappa shape index (κ1) is 21.6. The Morgan fingerprint density at radius 3 is 2.61 bits per heavy atom. The Balaban J connectivity index is 1.44. The Labute approximate surface area is 183 Å². The Kier molecular flexibility index (Phi) is 5.90. The number of piperidine rings is 1. The molecular weight excluding hydrogens is 412 g/mol. The number of furan rings is 1. The van der Waals surface area contributed by atoms with Crippen LogP contribution in [0.25, 0.3) is 11.0 Å². The highest BCUT2D eigenvalue weighted by atomic mass is 32.2. The predicted octanol–water partition coefficient (Wildman–Crippen LogP) is 4.65. The molecule has 0 radical (unpaired) electrons. The molecule has 31 heavy (non-hydrogen) atoms. The van der Waals surface area contributed by atoms with E-state index in [1.807, 2.05) is 26.0 Å². The van der Waals surface area contributed by atoms with Gasteiger partial charge in [0, 0.05) is 29.7 Å². The van der Waals surface area contributed by atoms with Crippen LogP contribution in [0.1, 0.15) is 36.5 Å². The SMILES string of the molecule is Cc1ccc2c(CC(=O)Nc3ccc(S(=O)(=O)N4CCC[C@H](C)C4)cc3)coc2c1C. The molecule has 0 spiro atoms. The van der Waals surface area contributed by atoms with E-state index in [0.29, 0.717) is 24.7 Å². The van der Waals surface area contributed by atoms with Gasteiger partial charge in [0.15, 0.2) is 0 Å². The van der Waals surface area contributed by atoms with Gasteiger partial charge in [0.2, 0.25) is 15.9 Å². The van der Waals surface area contributed by atoms with Crippen LogP contribution >= 0.6 is 0 Å².